The van der Waals surface area contributed by atoms with Crippen LogP contribution in [0.25, 0.3) is 0 Å². The van der Waals surface area contributed by atoms with Crippen molar-refractivity contribution in [3.05, 3.63) is 21.9 Å². The third-order valence-electron chi connectivity index (χ3n) is 2.18. The van der Waals surface area contributed by atoms with Gasteiger partial charge in [-0.1, -0.05) is 0 Å². The normalized spacial score (nSPS) is 12.6. The first-order chi connectivity index (χ1) is 7.11. The zero-order chi connectivity index (χ0) is 11.4. The number of nitrogens with zero attached hydrogens (tertiary/aromatic N) is 1. The molecule has 1 heterocycles. The van der Waals surface area contributed by atoms with Crippen LogP contribution in [0.15, 0.2) is 10.7 Å². The lowest BCUT2D eigenvalue weighted by atomic mass is 10.1. The fourth-order valence-electron chi connectivity index (χ4n) is 1.45. The van der Waals surface area contributed by atoms with E-state index in [0.29, 0.717) is 12.2 Å². The summed E-state index contributed by atoms with van der Waals surface area (Å²) in [4.78, 5) is 4.19. The predicted octanol–water partition coefficient (Wildman–Crippen LogP) is 1.41. The van der Waals surface area contributed by atoms with Crippen molar-refractivity contribution >= 4 is 15.9 Å². The zero-order valence-corrected chi connectivity index (χ0v) is 10.6. The fourth-order valence-corrected chi connectivity index (χ4v) is 2.02. The summed E-state index contributed by atoms with van der Waals surface area (Å²) in [7, 11) is 3.38. The molecule has 1 aromatic heterocycles. The van der Waals surface area contributed by atoms with Gasteiger partial charge in [-0.25, -0.2) is 0 Å². The van der Waals surface area contributed by atoms with Crippen molar-refractivity contribution in [2.45, 2.75) is 13.0 Å². The number of likely N-dealkylation sites (N-methyl/N-ethyl adjacent to an activating group) is 1. The van der Waals surface area contributed by atoms with Crippen molar-refractivity contribution in [3.8, 4) is 5.75 Å². The molecular formula is C10H15BrN2O2. The molecule has 0 bridgehead atoms. The number of rotatable bonds is 4. The summed E-state index contributed by atoms with van der Waals surface area (Å²) in [6, 6.07) is 0. The second kappa shape index (κ2) is 5.44. The van der Waals surface area contributed by atoms with Crippen LogP contribution in [0.3, 0.4) is 0 Å². The van der Waals surface area contributed by atoms with Crippen molar-refractivity contribution in [1.29, 1.82) is 0 Å². The number of ether oxygens (including phenoxy) is 1. The van der Waals surface area contributed by atoms with Gasteiger partial charge in [0.2, 0.25) is 0 Å². The third-order valence-corrected chi connectivity index (χ3v) is 2.74. The first-order valence-electron chi connectivity index (χ1n) is 4.63. The number of methoxy groups -OCH3 is 1. The van der Waals surface area contributed by atoms with E-state index in [-0.39, 0.29) is 0 Å². The Balaban J connectivity index is 3.09. The van der Waals surface area contributed by atoms with Gasteiger partial charge in [-0.15, -0.1) is 0 Å². The van der Waals surface area contributed by atoms with E-state index in [0.717, 1.165) is 15.8 Å². The molecule has 0 aromatic carbocycles. The number of aromatic nitrogens is 1. The Morgan fingerprint density at radius 2 is 2.33 bits per heavy atom. The van der Waals surface area contributed by atoms with Gasteiger partial charge in [0, 0.05) is 18.3 Å². The highest BCUT2D eigenvalue weighted by atomic mass is 79.9. The van der Waals surface area contributed by atoms with Gasteiger partial charge >= 0.3 is 0 Å². The number of aliphatic hydroxyl groups is 1. The first kappa shape index (κ1) is 12.4. The summed E-state index contributed by atoms with van der Waals surface area (Å²) >= 11 is 3.34. The summed E-state index contributed by atoms with van der Waals surface area (Å²) < 4.78 is 6.02. The first-order valence-corrected chi connectivity index (χ1v) is 5.42. The van der Waals surface area contributed by atoms with Crippen LogP contribution < -0.4 is 10.1 Å². The van der Waals surface area contributed by atoms with E-state index >= 15 is 0 Å². The monoisotopic (exact) mass is 274 g/mol. The van der Waals surface area contributed by atoms with Crippen LogP contribution >= 0.6 is 15.9 Å². The van der Waals surface area contributed by atoms with E-state index < -0.39 is 6.10 Å². The van der Waals surface area contributed by atoms with Crippen LogP contribution in [0, 0.1) is 6.92 Å². The van der Waals surface area contributed by atoms with E-state index in [4.69, 9.17) is 4.74 Å². The van der Waals surface area contributed by atoms with Crippen LogP contribution in [-0.2, 0) is 0 Å². The largest absolute Gasteiger partial charge is 0.495 e. The van der Waals surface area contributed by atoms with Gasteiger partial charge in [-0.3, -0.25) is 4.98 Å². The molecular weight excluding hydrogens is 260 g/mol. The molecule has 0 radical (unpaired) electrons. The number of pyridine rings is 1. The lowest BCUT2D eigenvalue weighted by Gasteiger charge is -2.15. The molecule has 0 fully saturated rings. The molecule has 5 heteroatoms. The Bertz CT molecular complexity index is 344. The predicted molar refractivity (Wildman–Crippen MR) is 62.1 cm³/mol. The van der Waals surface area contributed by atoms with Gasteiger partial charge in [0.15, 0.2) is 0 Å². The molecule has 1 unspecified atom stereocenters. The number of hydrogen-bond acceptors (Lipinski definition) is 4. The molecule has 1 aromatic rings. The third kappa shape index (κ3) is 2.68. The van der Waals surface area contributed by atoms with Crippen molar-refractivity contribution < 1.29 is 9.84 Å². The minimum Gasteiger partial charge on any atom is -0.495 e. The Labute approximate surface area is 97.8 Å². The number of aliphatic hydroxyl groups excluding tert-OH is 1. The van der Waals surface area contributed by atoms with E-state index in [1.807, 2.05) is 6.92 Å². The summed E-state index contributed by atoms with van der Waals surface area (Å²) in [5.41, 5.74) is 1.50. The van der Waals surface area contributed by atoms with Crippen molar-refractivity contribution in [2.75, 3.05) is 20.7 Å². The molecule has 0 saturated carbocycles. The highest BCUT2D eigenvalue weighted by Gasteiger charge is 2.16. The minimum atomic E-state index is -0.614. The molecule has 0 aliphatic rings. The van der Waals surface area contributed by atoms with Crippen molar-refractivity contribution in [1.82, 2.24) is 10.3 Å². The van der Waals surface area contributed by atoms with Crippen LogP contribution in [0.1, 0.15) is 17.4 Å². The van der Waals surface area contributed by atoms with E-state index in [2.05, 4.69) is 26.2 Å². The maximum absolute atomic E-state index is 9.82. The van der Waals surface area contributed by atoms with Gasteiger partial charge in [-0.2, -0.15) is 0 Å². The summed E-state index contributed by atoms with van der Waals surface area (Å²) in [6.45, 7) is 2.35. The second-order valence-electron chi connectivity index (χ2n) is 3.22. The Morgan fingerprint density at radius 1 is 1.67 bits per heavy atom. The van der Waals surface area contributed by atoms with E-state index in [1.165, 1.54) is 0 Å². The van der Waals surface area contributed by atoms with Crippen LogP contribution in [0.2, 0.25) is 0 Å². The minimum absolute atomic E-state index is 0.471. The average molecular weight is 275 g/mol. The molecule has 0 spiro atoms. The zero-order valence-electron chi connectivity index (χ0n) is 9.04. The molecule has 4 nitrogen and oxygen atoms in total. The molecule has 0 aliphatic carbocycles. The lowest BCUT2D eigenvalue weighted by Crippen LogP contribution is -2.18. The second-order valence-corrected chi connectivity index (χ2v) is 4.08. The van der Waals surface area contributed by atoms with Gasteiger partial charge < -0.3 is 15.2 Å². The Kier molecular flexibility index (Phi) is 4.50. The highest BCUT2D eigenvalue weighted by Crippen LogP contribution is 2.31. The highest BCUT2D eigenvalue weighted by molar-refractivity contribution is 9.10. The number of halogens is 1. The lowest BCUT2D eigenvalue weighted by molar-refractivity contribution is 0.171. The Morgan fingerprint density at radius 3 is 2.87 bits per heavy atom. The van der Waals surface area contributed by atoms with Crippen LogP contribution in [0.4, 0.5) is 0 Å². The fraction of sp³-hybridized carbons (Fsp3) is 0.500. The summed E-state index contributed by atoms with van der Waals surface area (Å²) in [5, 5.41) is 12.7. The van der Waals surface area contributed by atoms with Crippen molar-refractivity contribution in [2.24, 2.45) is 0 Å². The van der Waals surface area contributed by atoms with E-state index in [1.54, 1.807) is 20.4 Å². The molecule has 15 heavy (non-hydrogen) atoms. The molecule has 1 rings (SSSR count). The maximum Gasteiger partial charge on any atom is 0.139 e. The molecule has 84 valence electrons. The SMILES string of the molecule is CNCC(O)c1ncc(Br)c(OC)c1C. The van der Waals surface area contributed by atoms with Crippen molar-refractivity contribution in [3.63, 3.8) is 0 Å². The van der Waals surface area contributed by atoms with Crippen LogP contribution in [-0.4, -0.2) is 30.8 Å². The quantitative estimate of drug-likeness (QED) is 0.872. The summed E-state index contributed by atoms with van der Waals surface area (Å²) in [5.74, 6) is 0.718. The van der Waals surface area contributed by atoms with Gasteiger partial charge in [0.1, 0.15) is 11.9 Å². The molecule has 0 saturated heterocycles. The van der Waals surface area contributed by atoms with Crippen LogP contribution in [0.5, 0.6) is 5.75 Å². The molecule has 0 amide bonds. The topological polar surface area (TPSA) is 54.4 Å². The summed E-state index contributed by atoms with van der Waals surface area (Å²) in [6.07, 6.45) is 1.03. The molecule has 1 atom stereocenters. The van der Waals surface area contributed by atoms with Gasteiger partial charge in [-0.05, 0) is 29.9 Å². The van der Waals surface area contributed by atoms with Gasteiger partial charge in [0.05, 0.1) is 17.3 Å². The Hall–Kier alpha value is -0.650. The smallest absolute Gasteiger partial charge is 0.139 e. The van der Waals surface area contributed by atoms with E-state index in [9.17, 15) is 5.11 Å². The molecule has 0 aliphatic heterocycles. The van der Waals surface area contributed by atoms with Gasteiger partial charge in [0.25, 0.3) is 0 Å². The molecule has 2 N–H and O–H groups in total. The number of hydrogen-bond donors (Lipinski definition) is 2. The standard InChI is InChI=1S/C10H15BrN2O2/c1-6-9(8(14)5-12-2)13-4-7(11)10(6)15-3/h4,8,12,14H,5H2,1-3H3. The maximum atomic E-state index is 9.82. The number of nitrogens with one attached hydrogen (secondary N) is 1. The average Bonchev–Trinajstić information content (AvgIpc) is 2.18.